The van der Waals surface area contributed by atoms with Crippen LogP contribution in [-0.4, -0.2) is 33.3 Å². The van der Waals surface area contributed by atoms with E-state index < -0.39 is 11.9 Å². The molecule has 0 amide bonds. The Labute approximate surface area is 176 Å². The molecule has 29 heavy (non-hydrogen) atoms. The number of hydrogen-bond acceptors (Lipinski definition) is 6. The predicted octanol–water partition coefficient (Wildman–Crippen LogP) is 5.00. The standard InChI is InChI=1S/C22H19BrO6/c1-12(24)29-19-11-17(22(25)28-4)21(15-7-6-14(23)10-16(15)19)13-5-8-18(26-2)20(9-13)27-3/h5-11H,1-4H3. The van der Waals surface area contributed by atoms with E-state index in [1.165, 1.54) is 20.1 Å². The molecule has 0 spiro atoms. The summed E-state index contributed by atoms with van der Waals surface area (Å²) in [5, 5.41) is 1.39. The zero-order chi connectivity index (χ0) is 21.1. The highest BCUT2D eigenvalue weighted by atomic mass is 79.9. The molecular weight excluding hydrogens is 440 g/mol. The molecule has 0 aliphatic heterocycles. The molecule has 0 aliphatic carbocycles. The Hall–Kier alpha value is -3.06. The van der Waals surface area contributed by atoms with E-state index in [1.807, 2.05) is 24.3 Å². The molecule has 0 saturated heterocycles. The number of methoxy groups -OCH3 is 3. The van der Waals surface area contributed by atoms with E-state index in [-0.39, 0.29) is 11.3 Å². The van der Waals surface area contributed by atoms with Gasteiger partial charge >= 0.3 is 11.9 Å². The summed E-state index contributed by atoms with van der Waals surface area (Å²) in [6.45, 7) is 1.31. The van der Waals surface area contributed by atoms with Gasteiger partial charge in [-0.3, -0.25) is 4.79 Å². The van der Waals surface area contributed by atoms with Crippen LogP contribution < -0.4 is 14.2 Å². The van der Waals surface area contributed by atoms with Crippen molar-refractivity contribution in [3.63, 3.8) is 0 Å². The first kappa shape index (κ1) is 20.7. The van der Waals surface area contributed by atoms with Gasteiger partial charge in [0.05, 0.1) is 26.9 Å². The van der Waals surface area contributed by atoms with Crippen LogP contribution in [0.3, 0.4) is 0 Å². The SMILES string of the molecule is COC(=O)c1cc(OC(C)=O)c2cc(Br)ccc2c1-c1ccc(OC)c(OC)c1. The van der Waals surface area contributed by atoms with Gasteiger partial charge in [0.25, 0.3) is 0 Å². The normalized spacial score (nSPS) is 10.5. The number of halogens is 1. The highest BCUT2D eigenvalue weighted by Gasteiger charge is 2.22. The Balaban J connectivity index is 2.41. The number of carbonyl (C=O) groups is 2. The monoisotopic (exact) mass is 458 g/mol. The summed E-state index contributed by atoms with van der Waals surface area (Å²) in [5.41, 5.74) is 1.63. The smallest absolute Gasteiger partial charge is 0.338 e. The zero-order valence-corrected chi connectivity index (χ0v) is 18.0. The number of benzene rings is 3. The van der Waals surface area contributed by atoms with Gasteiger partial charge in [-0.1, -0.05) is 28.1 Å². The molecule has 0 atom stereocenters. The lowest BCUT2D eigenvalue weighted by atomic mass is 9.92. The van der Waals surface area contributed by atoms with Crippen LogP contribution in [0.5, 0.6) is 17.2 Å². The van der Waals surface area contributed by atoms with Gasteiger partial charge in [-0.2, -0.15) is 0 Å². The number of ether oxygens (including phenoxy) is 4. The molecule has 3 aromatic carbocycles. The number of fused-ring (bicyclic) bond motifs is 1. The third-order valence-corrected chi connectivity index (χ3v) is 4.89. The molecule has 7 heteroatoms. The molecule has 0 N–H and O–H groups in total. The quantitative estimate of drug-likeness (QED) is 0.395. The van der Waals surface area contributed by atoms with Gasteiger partial charge < -0.3 is 18.9 Å². The largest absolute Gasteiger partial charge is 0.493 e. The Morgan fingerprint density at radius 3 is 2.17 bits per heavy atom. The molecule has 0 aromatic heterocycles. The highest BCUT2D eigenvalue weighted by molar-refractivity contribution is 9.10. The lowest BCUT2D eigenvalue weighted by molar-refractivity contribution is -0.131. The third-order valence-electron chi connectivity index (χ3n) is 4.39. The van der Waals surface area contributed by atoms with Crippen molar-refractivity contribution in [3.8, 4) is 28.4 Å². The summed E-state index contributed by atoms with van der Waals surface area (Å²) >= 11 is 3.45. The Bertz CT molecular complexity index is 1110. The number of esters is 2. The molecule has 3 aromatic rings. The van der Waals surface area contributed by atoms with E-state index in [2.05, 4.69) is 15.9 Å². The lowest BCUT2D eigenvalue weighted by Gasteiger charge is -2.17. The Morgan fingerprint density at radius 2 is 1.55 bits per heavy atom. The number of carbonyl (C=O) groups excluding carboxylic acids is 2. The summed E-state index contributed by atoms with van der Waals surface area (Å²) in [4.78, 5) is 24.2. The maximum absolute atomic E-state index is 12.6. The molecule has 0 bridgehead atoms. The second-order valence-corrected chi connectivity index (χ2v) is 7.06. The van der Waals surface area contributed by atoms with Crippen molar-refractivity contribution in [1.29, 1.82) is 0 Å². The first-order valence-corrected chi connectivity index (χ1v) is 9.44. The zero-order valence-electron chi connectivity index (χ0n) is 16.4. The maximum atomic E-state index is 12.6. The van der Waals surface area contributed by atoms with Crippen LogP contribution >= 0.6 is 15.9 Å². The molecule has 150 valence electrons. The Kier molecular flexibility index (Phi) is 6.08. The average molecular weight is 459 g/mol. The van der Waals surface area contributed by atoms with Gasteiger partial charge in [0.1, 0.15) is 5.75 Å². The highest BCUT2D eigenvalue weighted by Crippen LogP contribution is 2.42. The van der Waals surface area contributed by atoms with Crippen molar-refractivity contribution in [3.05, 3.63) is 52.5 Å². The fraction of sp³-hybridized carbons (Fsp3) is 0.182. The van der Waals surface area contributed by atoms with Crippen LogP contribution in [0.25, 0.3) is 21.9 Å². The summed E-state index contributed by atoms with van der Waals surface area (Å²) in [7, 11) is 4.40. The lowest BCUT2D eigenvalue weighted by Crippen LogP contribution is -2.08. The van der Waals surface area contributed by atoms with Crippen LogP contribution in [0.4, 0.5) is 0 Å². The third kappa shape index (κ3) is 4.05. The van der Waals surface area contributed by atoms with Crippen molar-refractivity contribution in [2.24, 2.45) is 0 Å². The van der Waals surface area contributed by atoms with Gasteiger partial charge in [0, 0.05) is 22.3 Å². The fourth-order valence-corrected chi connectivity index (χ4v) is 3.54. The van der Waals surface area contributed by atoms with E-state index in [0.29, 0.717) is 22.4 Å². The van der Waals surface area contributed by atoms with Crippen LogP contribution in [0.15, 0.2) is 46.9 Å². The second kappa shape index (κ2) is 8.53. The summed E-state index contributed by atoms with van der Waals surface area (Å²) in [6, 6.07) is 12.4. The summed E-state index contributed by atoms with van der Waals surface area (Å²) in [5.74, 6) is 0.335. The van der Waals surface area contributed by atoms with E-state index in [4.69, 9.17) is 18.9 Å². The van der Waals surface area contributed by atoms with Gasteiger partial charge in [0.2, 0.25) is 0 Å². The predicted molar refractivity (Wildman–Crippen MR) is 113 cm³/mol. The van der Waals surface area contributed by atoms with Crippen LogP contribution in [0.2, 0.25) is 0 Å². The number of rotatable bonds is 5. The van der Waals surface area contributed by atoms with Crippen LogP contribution in [0.1, 0.15) is 17.3 Å². The molecule has 0 unspecified atom stereocenters. The first-order chi connectivity index (χ1) is 13.9. The van der Waals surface area contributed by atoms with Crippen molar-refractivity contribution in [1.82, 2.24) is 0 Å². The molecule has 6 nitrogen and oxygen atoms in total. The molecular formula is C22H19BrO6. The van der Waals surface area contributed by atoms with Crippen molar-refractivity contribution >= 4 is 38.6 Å². The van der Waals surface area contributed by atoms with Crippen LogP contribution in [-0.2, 0) is 9.53 Å². The summed E-state index contributed by atoms with van der Waals surface area (Å²) < 4.78 is 21.9. The average Bonchev–Trinajstić information content (AvgIpc) is 2.72. The van der Waals surface area contributed by atoms with Gasteiger partial charge in [-0.05, 0) is 41.3 Å². The molecule has 0 fully saturated rings. The van der Waals surface area contributed by atoms with Gasteiger partial charge in [-0.15, -0.1) is 0 Å². The maximum Gasteiger partial charge on any atom is 0.338 e. The first-order valence-electron chi connectivity index (χ1n) is 8.65. The van der Waals surface area contributed by atoms with Crippen molar-refractivity contribution in [2.75, 3.05) is 21.3 Å². The molecule has 0 aliphatic rings. The van der Waals surface area contributed by atoms with E-state index >= 15 is 0 Å². The second-order valence-electron chi connectivity index (χ2n) is 6.14. The van der Waals surface area contributed by atoms with Gasteiger partial charge in [-0.25, -0.2) is 4.79 Å². The topological polar surface area (TPSA) is 71.1 Å². The Morgan fingerprint density at radius 1 is 0.828 bits per heavy atom. The fourth-order valence-electron chi connectivity index (χ4n) is 3.18. The van der Waals surface area contributed by atoms with Crippen LogP contribution in [0, 0.1) is 0 Å². The van der Waals surface area contributed by atoms with Crippen molar-refractivity contribution in [2.45, 2.75) is 6.92 Å². The molecule has 0 saturated carbocycles. The molecule has 0 heterocycles. The van der Waals surface area contributed by atoms with E-state index in [1.54, 1.807) is 26.4 Å². The molecule has 0 radical (unpaired) electrons. The van der Waals surface area contributed by atoms with Crippen molar-refractivity contribution < 1.29 is 28.5 Å². The minimum absolute atomic E-state index is 0.269. The molecule has 3 rings (SSSR count). The van der Waals surface area contributed by atoms with E-state index in [0.717, 1.165) is 15.4 Å². The van der Waals surface area contributed by atoms with E-state index in [9.17, 15) is 9.59 Å². The minimum atomic E-state index is -0.548. The summed E-state index contributed by atoms with van der Waals surface area (Å²) in [6.07, 6.45) is 0. The minimum Gasteiger partial charge on any atom is -0.493 e. The van der Waals surface area contributed by atoms with Gasteiger partial charge in [0.15, 0.2) is 11.5 Å². The number of hydrogen-bond donors (Lipinski definition) is 0.